The summed E-state index contributed by atoms with van der Waals surface area (Å²) in [7, 11) is 1.80. The Balaban J connectivity index is 2.14. The maximum Gasteiger partial charge on any atom is 0.311 e. The summed E-state index contributed by atoms with van der Waals surface area (Å²) in [6.07, 6.45) is 2.10. The van der Waals surface area contributed by atoms with Crippen LogP contribution in [0, 0.1) is 16.0 Å². The van der Waals surface area contributed by atoms with E-state index >= 15 is 0 Å². The molecule has 0 aliphatic carbocycles. The molecule has 104 valence electrons. The van der Waals surface area contributed by atoms with Gasteiger partial charge in [0.2, 0.25) is 5.82 Å². The molecule has 1 saturated heterocycles. The predicted octanol–water partition coefficient (Wildman–Crippen LogP) is 1.43. The maximum atomic E-state index is 11.0. The number of hydrogen-bond donors (Lipinski definition) is 1. The van der Waals surface area contributed by atoms with Gasteiger partial charge in [-0.25, -0.2) is 4.98 Å². The number of rotatable bonds is 4. The summed E-state index contributed by atoms with van der Waals surface area (Å²) in [5, 5.41) is 11.0. The monoisotopic (exact) mass is 266 g/mol. The number of nitrogen functional groups attached to an aromatic ring is 1. The fourth-order valence-corrected chi connectivity index (χ4v) is 2.30. The zero-order valence-electron chi connectivity index (χ0n) is 10.9. The van der Waals surface area contributed by atoms with Gasteiger partial charge in [0, 0.05) is 26.3 Å². The summed E-state index contributed by atoms with van der Waals surface area (Å²) in [5.74, 6) is 0.976. The van der Waals surface area contributed by atoms with Crippen LogP contribution in [0.2, 0.25) is 0 Å². The molecule has 1 fully saturated rings. The largest absolute Gasteiger partial charge is 0.384 e. The molecule has 2 N–H and O–H groups in total. The second kappa shape index (κ2) is 5.83. The number of hydrogen-bond acceptors (Lipinski definition) is 6. The average molecular weight is 266 g/mol. The Labute approximate surface area is 111 Å². The van der Waals surface area contributed by atoms with Crippen LogP contribution >= 0.6 is 0 Å². The number of aromatic nitrogens is 1. The number of pyridine rings is 1. The van der Waals surface area contributed by atoms with Gasteiger partial charge in [-0.1, -0.05) is 0 Å². The second-order valence-corrected chi connectivity index (χ2v) is 4.80. The lowest BCUT2D eigenvalue weighted by atomic mass is 10.0. The molecule has 0 amide bonds. The van der Waals surface area contributed by atoms with Crippen molar-refractivity contribution in [2.24, 2.45) is 5.92 Å². The number of anilines is 2. The quantitative estimate of drug-likeness (QED) is 0.654. The Kier molecular flexibility index (Phi) is 4.16. The smallest absolute Gasteiger partial charge is 0.311 e. The van der Waals surface area contributed by atoms with Gasteiger partial charge in [0.25, 0.3) is 0 Å². The van der Waals surface area contributed by atoms with E-state index in [1.165, 1.54) is 12.1 Å². The molecule has 0 bridgehead atoms. The molecular weight excluding hydrogens is 248 g/mol. The van der Waals surface area contributed by atoms with Crippen LogP contribution in [0.15, 0.2) is 12.1 Å². The van der Waals surface area contributed by atoms with Crippen molar-refractivity contribution in [3.8, 4) is 0 Å². The summed E-state index contributed by atoms with van der Waals surface area (Å²) in [6, 6.07) is 2.84. The topological polar surface area (TPSA) is 94.5 Å². The lowest BCUT2D eigenvalue weighted by molar-refractivity contribution is -0.384. The van der Waals surface area contributed by atoms with Crippen LogP contribution in [-0.2, 0) is 4.74 Å². The van der Waals surface area contributed by atoms with Crippen molar-refractivity contribution in [3.05, 3.63) is 22.2 Å². The summed E-state index contributed by atoms with van der Waals surface area (Å²) < 4.78 is 5.41. The molecule has 2 rings (SSSR count). The Morgan fingerprint density at radius 2 is 2.42 bits per heavy atom. The van der Waals surface area contributed by atoms with Gasteiger partial charge in [-0.3, -0.25) is 10.1 Å². The third kappa shape index (κ3) is 3.31. The minimum absolute atomic E-state index is 0.0200. The first-order chi connectivity index (χ1) is 9.08. The summed E-state index contributed by atoms with van der Waals surface area (Å²) in [5.41, 5.74) is 5.59. The molecule has 0 aromatic carbocycles. The van der Waals surface area contributed by atoms with E-state index in [-0.39, 0.29) is 11.5 Å². The van der Waals surface area contributed by atoms with Gasteiger partial charge >= 0.3 is 5.69 Å². The zero-order valence-corrected chi connectivity index (χ0v) is 10.9. The van der Waals surface area contributed by atoms with E-state index in [0.717, 1.165) is 19.4 Å². The van der Waals surface area contributed by atoms with Crippen molar-refractivity contribution < 1.29 is 9.66 Å². The van der Waals surface area contributed by atoms with Crippen LogP contribution in [0.25, 0.3) is 0 Å². The lowest BCUT2D eigenvalue weighted by Gasteiger charge is -2.27. The van der Waals surface area contributed by atoms with Crippen molar-refractivity contribution in [2.45, 2.75) is 12.8 Å². The van der Waals surface area contributed by atoms with E-state index in [1.807, 2.05) is 0 Å². The molecule has 7 heteroatoms. The van der Waals surface area contributed by atoms with Gasteiger partial charge in [-0.05, 0) is 24.8 Å². The molecule has 0 spiro atoms. The van der Waals surface area contributed by atoms with Crippen molar-refractivity contribution in [1.29, 1.82) is 0 Å². The second-order valence-electron chi connectivity index (χ2n) is 4.80. The summed E-state index contributed by atoms with van der Waals surface area (Å²) in [6.45, 7) is 2.18. The lowest BCUT2D eigenvalue weighted by Crippen LogP contribution is -2.31. The molecule has 1 aromatic heterocycles. The Hall–Kier alpha value is -1.89. The molecule has 1 aliphatic heterocycles. The number of ether oxygens (including phenoxy) is 1. The number of nitrogens with zero attached hydrogens (tertiary/aromatic N) is 3. The Morgan fingerprint density at radius 1 is 1.63 bits per heavy atom. The summed E-state index contributed by atoms with van der Waals surface area (Å²) >= 11 is 0. The summed E-state index contributed by atoms with van der Waals surface area (Å²) in [4.78, 5) is 16.4. The minimum Gasteiger partial charge on any atom is -0.384 e. The molecule has 2 heterocycles. The van der Waals surface area contributed by atoms with Gasteiger partial charge < -0.3 is 15.4 Å². The standard InChI is InChI=1S/C12H18N4O3/c1-15(7-9-3-2-6-19-8-9)12-10(16(17)18)4-5-11(13)14-12/h4-5,9H,2-3,6-8H2,1H3,(H2,13,14). The van der Waals surface area contributed by atoms with Gasteiger partial charge in [0.15, 0.2) is 0 Å². The van der Waals surface area contributed by atoms with E-state index in [4.69, 9.17) is 10.5 Å². The van der Waals surface area contributed by atoms with Gasteiger partial charge in [0.05, 0.1) is 11.5 Å². The van der Waals surface area contributed by atoms with E-state index in [1.54, 1.807) is 11.9 Å². The van der Waals surface area contributed by atoms with Crippen LogP contribution in [0.1, 0.15) is 12.8 Å². The molecule has 1 aromatic rings. The highest BCUT2D eigenvalue weighted by atomic mass is 16.6. The van der Waals surface area contributed by atoms with E-state index in [0.29, 0.717) is 24.9 Å². The van der Waals surface area contributed by atoms with Crippen molar-refractivity contribution >= 4 is 17.3 Å². The third-order valence-electron chi connectivity index (χ3n) is 3.22. The first-order valence-corrected chi connectivity index (χ1v) is 6.27. The van der Waals surface area contributed by atoms with E-state index in [2.05, 4.69) is 4.98 Å². The highest BCUT2D eigenvalue weighted by Crippen LogP contribution is 2.27. The fraction of sp³-hybridized carbons (Fsp3) is 0.583. The highest BCUT2D eigenvalue weighted by Gasteiger charge is 2.22. The van der Waals surface area contributed by atoms with Gasteiger partial charge in [0.1, 0.15) is 5.82 Å². The predicted molar refractivity (Wildman–Crippen MR) is 72.1 cm³/mol. The van der Waals surface area contributed by atoms with Crippen LogP contribution in [0.4, 0.5) is 17.3 Å². The van der Waals surface area contributed by atoms with Crippen molar-refractivity contribution in [2.75, 3.05) is 37.4 Å². The first-order valence-electron chi connectivity index (χ1n) is 6.27. The zero-order chi connectivity index (χ0) is 13.8. The number of nitrogens with two attached hydrogens (primary N) is 1. The fourth-order valence-electron chi connectivity index (χ4n) is 2.30. The van der Waals surface area contributed by atoms with Crippen molar-refractivity contribution in [1.82, 2.24) is 4.98 Å². The minimum atomic E-state index is -0.435. The SMILES string of the molecule is CN(CC1CCCOC1)c1nc(N)ccc1[N+](=O)[O-]. The molecule has 1 unspecified atom stereocenters. The maximum absolute atomic E-state index is 11.0. The molecule has 1 aliphatic rings. The third-order valence-corrected chi connectivity index (χ3v) is 3.22. The normalized spacial score (nSPS) is 19.1. The molecule has 19 heavy (non-hydrogen) atoms. The number of nitro groups is 1. The molecular formula is C12H18N4O3. The van der Waals surface area contributed by atoms with Crippen LogP contribution < -0.4 is 10.6 Å². The van der Waals surface area contributed by atoms with Gasteiger partial charge in [-0.15, -0.1) is 0 Å². The van der Waals surface area contributed by atoms with E-state index < -0.39 is 4.92 Å². The molecule has 0 saturated carbocycles. The molecule has 0 radical (unpaired) electrons. The van der Waals surface area contributed by atoms with Crippen LogP contribution in [-0.4, -0.2) is 36.7 Å². The van der Waals surface area contributed by atoms with Crippen LogP contribution in [0.5, 0.6) is 0 Å². The highest BCUT2D eigenvalue weighted by molar-refractivity contribution is 5.60. The first kappa shape index (κ1) is 13.5. The van der Waals surface area contributed by atoms with E-state index in [9.17, 15) is 10.1 Å². The molecule has 1 atom stereocenters. The average Bonchev–Trinajstić information content (AvgIpc) is 2.39. The Morgan fingerprint density at radius 3 is 3.05 bits per heavy atom. The van der Waals surface area contributed by atoms with Crippen molar-refractivity contribution in [3.63, 3.8) is 0 Å². The van der Waals surface area contributed by atoms with Crippen LogP contribution in [0.3, 0.4) is 0 Å². The Bertz CT molecular complexity index is 460. The molecule has 7 nitrogen and oxygen atoms in total. The van der Waals surface area contributed by atoms with Gasteiger partial charge in [-0.2, -0.15) is 0 Å².